The van der Waals surface area contributed by atoms with E-state index in [2.05, 4.69) is 4.98 Å². The van der Waals surface area contributed by atoms with Crippen LogP contribution in [0.3, 0.4) is 0 Å². The smallest absolute Gasteiger partial charge is 0.124 e. The quantitative estimate of drug-likeness (QED) is 0.906. The summed E-state index contributed by atoms with van der Waals surface area (Å²) in [6.45, 7) is 2.00. The first kappa shape index (κ1) is 12.1. The number of aromatic nitrogens is 1. The molecule has 2 aromatic rings. The van der Waals surface area contributed by atoms with Crippen molar-refractivity contribution in [1.82, 2.24) is 4.98 Å². The van der Waals surface area contributed by atoms with E-state index < -0.39 is 6.10 Å². The molecule has 90 valence electrons. The van der Waals surface area contributed by atoms with Gasteiger partial charge in [-0.05, 0) is 19.1 Å². The third kappa shape index (κ3) is 2.84. The first-order valence-electron chi connectivity index (χ1n) is 5.41. The van der Waals surface area contributed by atoms with Crippen LogP contribution >= 0.6 is 11.3 Å². The molecular weight excluding hydrogens is 234 g/mol. The highest BCUT2D eigenvalue weighted by atomic mass is 32.1. The van der Waals surface area contributed by atoms with Gasteiger partial charge in [0, 0.05) is 23.6 Å². The maximum Gasteiger partial charge on any atom is 0.124 e. The molecule has 0 aliphatic heterocycles. The van der Waals surface area contributed by atoms with E-state index in [1.807, 2.05) is 30.5 Å². The van der Waals surface area contributed by atoms with Gasteiger partial charge in [0.2, 0.25) is 0 Å². The first-order chi connectivity index (χ1) is 8.20. The van der Waals surface area contributed by atoms with Gasteiger partial charge in [0.05, 0.1) is 18.2 Å². The Hall–Kier alpha value is -1.39. The van der Waals surface area contributed by atoms with Gasteiger partial charge >= 0.3 is 0 Å². The number of aliphatic hydroxyl groups is 1. The summed E-state index contributed by atoms with van der Waals surface area (Å²) in [6, 6.07) is 5.81. The molecule has 1 unspecified atom stereocenters. The molecule has 0 aliphatic rings. The monoisotopic (exact) mass is 249 g/mol. The third-order valence-corrected chi connectivity index (χ3v) is 3.40. The van der Waals surface area contributed by atoms with E-state index in [4.69, 9.17) is 4.74 Å². The van der Waals surface area contributed by atoms with Gasteiger partial charge in [-0.25, -0.2) is 4.98 Å². The number of methoxy groups -OCH3 is 1. The highest BCUT2D eigenvalue weighted by Crippen LogP contribution is 2.28. The van der Waals surface area contributed by atoms with E-state index in [0.29, 0.717) is 6.42 Å². The van der Waals surface area contributed by atoms with Gasteiger partial charge < -0.3 is 9.84 Å². The fourth-order valence-electron chi connectivity index (χ4n) is 1.74. The molecule has 2 rings (SSSR count). The lowest BCUT2D eigenvalue weighted by atomic mass is 10.0. The van der Waals surface area contributed by atoms with Gasteiger partial charge in [-0.15, -0.1) is 11.3 Å². The first-order valence-corrected chi connectivity index (χ1v) is 6.29. The molecule has 0 amide bonds. The van der Waals surface area contributed by atoms with E-state index in [1.165, 1.54) is 0 Å². The maximum absolute atomic E-state index is 10.2. The number of benzene rings is 1. The normalized spacial score (nSPS) is 12.4. The molecule has 0 radical (unpaired) electrons. The predicted molar refractivity (Wildman–Crippen MR) is 68.5 cm³/mol. The molecular formula is C13H15NO2S. The van der Waals surface area contributed by atoms with Crippen molar-refractivity contribution in [3.05, 3.63) is 45.9 Å². The Morgan fingerprint density at radius 3 is 2.94 bits per heavy atom. The molecule has 17 heavy (non-hydrogen) atoms. The Labute approximate surface area is 105 Å². The van der Waals surface area contributed by atoms with Crippen molar-refractivity contribution in [2.45, 2.75) is 19.4 Å². The van der Waals surface area contributed by atoms with E-state index in [9.17, 15) is 5.11 Å². The largest absolute Gasteiger partial charge is 0.496 e. The van der Waals surface area contributed by atoms with Gasteiger partial charge in [-0.3, -0.25) is 0 Å². The summed E-state index contributed by atoms with van der Waals surface area (Å²) in [5, 5.41) is 13.1. The minimum atomic E-state index is -0.573. The van der Waals surface area contributed by atoms with Crippen molar-refractivity contribution in [3.8, 4) is 5.75 Å². The summed E-state index contributed by atoms with van der Waals surface area (Å²) in [6.07, 6.45) is 1.70. The second-order valence-electron chi connectivity index (χ2n) is 3.89. The average molecular weight is 249 g/mol. The van der Waals surface area contributed by atoms with Gasteiger partial charge in [-0.2, -0.15) is 0 Å². The maximum atomic E-state index is 10.2. The summed E-state index contributed by atoms with van der Waals surface area (Å²) in [7, 11) is 1.62. The summed E-state index contributed by atoms with van der Waals surface area (Å²) in [5.41, 5.74) is 1.93. The molecule has 1 aromatic carbocycles. The standard InChI is InChI=1S/C13H15NO2S/c1-9-3-4-12(16-2)10(7-9)11(15)8-13-14-5-6-17-13/h3-7,11,15H,8H2,1-2H3. The summed E-state index contributed by atoms with van der Waals surface area (Å²) < 4.78 is 5.26. The van der Waals surface area contributed by atoms with E-state index >= 15 is 0 Å². The van der Waals surface area contributed by atoms with Gasteiger partial charge in [0.1, 0.15) is 5.75 Å². The van der Waals surface area contributed by atoms with Crippen LogP contribution in [-0.2, 0) is 6.42 Å². The van der Waals surface area contributed by atoms with Crippen molar-refractivity contribution >= 4 is 11.3 Å². The molecule has 4 heteroatoms. The molecule has 1 aromatic heterocycles. The molecule has 1 atom stereocenters. The molecule has 0 saturated carbocycles. The zero-order valence-corrected chi connectivity index (χ0v) is 10.7. The summed E-state index contributed by atoms with van der Waals surface area (Å²) in [4.78, 5) is 4.18. The Morgan fingerprint density at radius 1 is 1.47 bits per heavy atom. The third-order valence-electron chi connectivity index (χ3n) is 2.60. The SMILES string of the molecule is COc1ccc(C)cc1C(O)Cc1nccs1. The fourth-order valence-corrected chi connectivity index (χ4v) is 2.40. The Bertz CT molecular complexity index is 482. The highest BCUT2D eigenvalue weighted by molar-refractivity contribution is 7.09. The molecule has 0 saturated heterocycles. The number of ether oxygens (including phenoxy) is 1. The van der Waals surface area contributed by atoms with Crippen LogP contribution in [0.25, 0.3) is 0 Å². The zero-order chi connectivity index (χ0) is 12.3. The molecule has 0 aliphatic carbocycles. The number of nitrogens with zero attached hydrogens (tertiary/aromatic N) is 1. The van der Waals surface area contributed by atoms with Crippen molar-refractivity contribution < 1.29 is 9.84 Å². The van der Waals surface area contributed by atoms with E-state index in [0.717, 1.165) is 21.9 Å². The Morgan fingerprint density at radius 2 is 2.29 bits per heavy atom. The lowest BCUT2D eigenvalue weighted by Crippen LogP contribution is -2.04. The number of hydrogen-bond donors (Lipinski definition) is 1. The van der Waals surface area contributed by atoms with Crippen LogP contribution in [0.2, 0.25) is 0 Å². The topological polar surface area (TPSA) is 42.4 Å². The lowest BCUT2D eigenvalue weighted by Gasteiger charge is -2.14. The van der Waals surface area contributed by atoms with Gasteiger partial charge in [0.25, 0.3) is 0 Å². The van der Waals surface area contributed by atoms with Crippen molar-refractivity contribution in [2.75, 3.05) is 7.11 Å². The second kappa shape index (κ2) is 5.29. The van der Waals surface area contributed by atoms with E-state index in [-0.39, 0.29) is 0 Å². The number of thiazole rings is 1. The number of aliphatic hydroxyl groups excluding tert-OH is 1. The highest BCUT2D eigenvalue weighted by Gasteiger charge is 2.15. The number of hydrogen-bond acceptors (Lipinski definition) is 4. The number of rotatable bonds is 4. The predicted octanol–water partition coefficient (Wildman–Crippen LogP) is 2.74. The molecule has 1 N–H and O–H groups in total. The van der Waals surface area contributed by atoms with Crippen molar-refractivity contribution in [1.29, 1.82) is 0 Å². The molecule has 0 bridgehead atoms. The summed E-state index contributed by atoms with van der Waals surface area (Å²) >= 11 is 1.55. The van der Waals surface area contributed by atoms with Gasteiger partial charge in [-0.1, -0.05) is 11.6 Å². The minimum absolute atomic E-state index is 0.525. The fraction of sp³-hybridized carbons (Fsp3) is 0.308. The lowest BCUT2D eigenvalue weighted by molar-refractivity contribution is 0.174. The minimum Gasteiger partial charge on any atom is -0.496 e. The average Bonchev–Trinajstić information content (AvgIpc) is 2.81. The van der Waals surface area contributed by atoms with Crippen LogP contribution in [0.15, 0.2) is 29.8 Å². The number of aryl methyl sites for hydroxylation is 1. The summed E-state index contributed by atoms with van der Waals surface area (Å²) in [5.74, 6) is 0.722. The van der Waals surface area contributed by atoms with Crippen LogP contribution in [-0.4, -0.2) is 17.2 Å². The van der Waals surface area contributed by atoms with Crippen molar-refractivity contribution in [3.63, 3.8) is 0 Å². The van der Waals surface area contributed by atoms with Gasteiger partial charge in [0.15, 0.2) is 0 Å². The van der Waals surface area contributed by atoms with Crippen molar-refractivity contribution in [2.24, 2.45) is 0 Å². The molecule has 0 fully saturated rings. The van der Waals surface area contributed by atoms with E-state index in [1.54, 1.807) is 24.6 Å². The van der Waals surface area contributed by atoms with Crippen LogP contribution < -0.4 is 4.74 Å². The Balaban J connectivity index is 2.23. The van der Waals surface area contributed by atoms with Crippen LogP contribution in [0.1, 0.15) is 22.2 Å². The molecule has 3 nitrogen and oxygen atoms in total. The van der Waals surface area contributed by atoms with Crippen LogP contribution in [0.4, 0.5) is 0 Å². The molecule has 0 spiro atoms. The van der Waals surface area contributed by atoms with Crippen LogP contribution in [0, 0.1) is 6.92 Å². The zero-order valence-electron chi connectivity index (χ0n) is 9.88. The molecule has 1 heterocycles. The van der Waals surface area contributed by atoms with Crippen LogP contribution in [0.5, 0.6) is 5.75 Å². The second-order valence-corrected chi connectivity index (χ2v) is 4.87. The Kier molecular flexibility index (Phi) is 3.76.